The van der Waals surface area contributed by atoms with E-state index in [9.17, 15) is 24.0 Å². The molecule has 0 saturated carbocycles. The van der Waals surface area contributed by atoms with E-state index in [0.29, 0.717) is 23.5 Å². The summed E-state index contributed by atoms with van der Waals surface area (Å²) in [4.78, 5) is 62.8. The Bertz CT molecular complexity index is 1200. The summed E-state index contributed by atoms with van der Waals surface area (Å²) >= 11 is 0. The number of imide groups is 1. The number of benzene rings is 2. The molecule has 0 saturated heterocycles. The lowest BCUT2D eigenvalue weighted by Gasteiger charge is -2.19. The van der Waals surface area contributed by atoms with Gasteiger partial charge >= 0.3 is 6.09 Å². The molecule has 190 valence electrons. The number of rotatable bonds is 7. The molecule has 0 spiro atoms. The van der Waals surface area contributed by atoms with Gasteiger partial charge in [0.2, 0.25) is 5.91 Å². The first kappa shape index (κ1) is 26.4. The molecule has 5 amide bonds. The van der Waals surface area contributed by atoms with E-state index in [-0.39, 0.29) is 29.5 Å². The molecule has 10 heteroatoms. The molecule has 3 rings (SSSR count). The maximum absolute atomic E-state index is 12.7. The average Bonchev–Trinajstić information content (AvgIpc) is 3.02. The number of alkyl carbamates (subject to hydrolysis) is 1. The minimum atomic E-state index is -0.694. The number of fused-ring (bicyclic) bond motifs is 1. The SMILES string of the molecule is CC(C)CN1C(=O)c2ccc(C(=O)Nc3ccc(NC(=O)CNC(=O)OC(C)(C)C)cc3)cc2C1=O. The number of nitrogens with one attached hydrogen (secondary N) is 3. The van der Waals surface area contributed by atoms with Crippen molar-refractivity contribution in [2.45, 2.75) is 40.2 Å². The number of carbonyl (C=O) groups excluding carboxylic acids is 5. The molecule has 0 bridgehead atoms. The highest BCUT2D eigenvalue weighted by atomic mass is 16.6. The average molecular weight is 495 g/mol. The molecule has 0 aliphatic carbocycles. The third-order valence-electron chi connectivity index (χ3n) is 5.00. The Balaban J connectivity index is 1.57. The van der Waals surface area contributed by atoms with Gasteiger partial charge in [-0.25, -0.2) is 4.79 Å². The van der Waals surface area contributed by atoms with Gasteiger partial charge in [0.25, 0.3) is 17.7 Å². The molecule has 3 N–H and O–H groups in total. The van der Waals surface area contributed by atoms with Crippen LogP contribution in [0, 0.1) is 5.92 Å². The van der Waals surface area contributed by atoms with Crippen LogP contribution in [0.15, 0.2) is 42.5 Å². The van der Waals surface area contributed by atoms with Crippen LogP contribution >= 0.6 is 0 Å². The Hall–Kier alpha value is -4.21. The van der Waals surface area contributed by atoms with Crippen molar-refractivity contribution in [3.05, 3.63) is 59.2 Å². The second-order valence-electron chi connectivity index (χ2n) is 9.81. The normalized spacial score (nSPS) is 12.9. The zero-order valence-electron chi connectivity index (χ0n) is 20.9. The molecule has 0 fully saturated rings. The topological polar surface area (TPSA) is 134 Å². The van der Waals surface area contributed by atoms with E-state index in [1.807, 2.05) is 13.8 Å². The maximum Gasteiger partial charge on any atom is 0.408 e. The van der Waals surface area contributed by atoms with Crippen LogP contribution in [0.2, 0.25) is 0 Å². The smallest absolute Gasteiger partial charge is 0.408 e. The van der Waals surface area contributed by atoms with Crippen molar-refractivity contribution < 1.29 is 28.7 Å². The Kier molecular flexibility index (Phi) is 7.77. The summed E-state index contributed by atoms with van der Waals surface area (Å²) in [5.41, 5.74) is 1.02. The number of anilines is 2. The van der Waals surface area contributed by atoms with E-state index >= 15 is 0 Å². The molecule has 0 atom stereocenters. The molecule has 10 nitrogen and oxygen atoms in total. The molecule has 1 aliphatic rings. The summed E-state index contributed by atoms with van der Waals surface area (Å²) in [6.45, 7) is 9.05. The zero-order valence-corrected chi connectivity index (χ0v) is 20.9. The van der Waals surface area contributed by atoms with Crippen LogP contribution < -0.4 is 16.0 Å². The van der Waals surface area contributed by atoms with Crippen LogP contribution in [0.3, 0.4) is 0 Å². The van der Waals surface area contributed by atoms with Gasteiger partial charge in [0, 0.05) is 23.5 Å². The van der Waals surface area contributed by atoms with Gasteiger partial charge in [0.15, 0.2) is 0 Å². The van der Waals surface area contributed by atoms with E-state index in [2.05, 4.69) is 16.0 Å². The van der Waals surface area contributed by atoms with Crippen LogP contribution in [-0.2, 0) is 9.53 Å². The fourth-order valence-electron chi connectivity index (χ4n) is 3.47. The third-order valence-corrected chi connectivity index (χ3v) is 5.00. The summed E-state index contributed by atoms with van der Waals surface area (Å²) in [5, 5.41) is 7.73. The van der Waals surface area contributed by atoms with Crippen molar-refractivity contribution in [2.24, 2.45) is 5.92 Å². The molecular formula is C26H30N4O6. The predicted octanol–water partition coefficient (Wildman–Crippen LogP) is 3.65. The van der Waals surface area contributed by atoms with Crippen molar-refractivity contribution in [1.29, 1.82) is 0 Å². The van der Waals surface area contributed by atoms with E-state index in [0.717, 1.165) is 0 Å². The zero-order chi connectivity index (χ0) is 26.6. The molecule has 2 aromatic carbocycles. The predicted molar refractivity (Wildman–Crippen MR) is 134 cm³/mol. The molecule has 0 aromatic heterocycles. The lowest BCUT2D eigenvalue weighted by atomic mass is 10.1. The van der Waals surface area contributed by atoms with Crippen molar-refractivity contribution >= 4 is 41.1 Å². The number of carbonyl (C=O) groups is 5. The Labute approximate surface area is 209 Å². The first-order valence-electron chi connectivity index (χ1n) is 11.5. The van der Waals surface area contributed by atoms with Gasteiger partial charge in [-0.1, -0.05) is 13.8 Å². The number of hydrogen-bond acceptors (Lipinski definition) is 6. The number of hydrogen-bond donors (Lipinski definition) is 3. The largest absolute Gasteiger partial charge is 0.444 e. The first-order chi connectivity index (χ1) is 16.8. The van der Waals surface area contributed by atoms with E-state index in [1.165, 1.54) is 23.1 Å². The highest BCUT2D eigenvalue weighted by Gasteiger charge is 2.36. The van der Waals surface area contributed by atoms with Gasteiger partial charge in [-0.2, -0.15) is 0 Å². The Morgan fingerprint density at radius 2 is 1.47 bits per heavy atom. The van der Waals surface area contributed by atoms with E-state index in [1.54, 1.807) is 45.0 Å². The van der Waals surface area contributed by atoms with Crippen molar-refractivity contribution in [2.75, 3.05) is 23.7 Å². The quantitative estimate of drug-likeness (QED) is 0.503. The Morgan fingerprint density at radius 1 is 0.889 bits per heavy atom. The third kappa shape index (κ3) is 6.68. The molecule has 0 radical (unpaired) electrons. The fraction of sp³-hybridized carbons (Fsp3) is 0.346. The molecule has 36 heavy (non-hydrogen) atoms. The molecule has 1 aliphatic heterocycles. The lowest BCUT2D eigenvalue weighted by molar-refractivity contribution is -0.115. The summed E-state index contributed by atoms with van der Waals surface area (Å²) in [6.07, 6.45) is -0.694. The summed E-state index contributed by atoms with van der Waals surface area (Å²) in [5.74, 6) is -1.52. The van der Waals surface area contributed by atoms with Gasteiger partial charge in [-0.05, 0) is 69.2 Å². The highest BCUT2D eigenvalue weighted by Crippen LogP contribution is 2.25. The van der Waals surface area contributed by atoms with Crippen molar-refractivity contribution in [1.82, 2.24) is 10.2 Å². The van der Waals surface area contributed by atoms with Crippen LogP contribution in [0.5, 0.6) is 0 Å². The standard InChI is InChI=1S/C26H30N4O6/c1-15(2)14-30-23(33)19-11-6-16(12-20(19)24(30)34)22(32)29-18-9-7-17(8-10-18)28-21(31)13-27-25(35)36-26(3,4)5/h6-12,15H,13-14H2,1-5H3,(H,27,35)(H,28,31)(H,29,32). The lowest BCUT2D eigenvalue weighted by Crippen LogP contribution is -2.37. The summed E-state index contributed by atoms with van der Waals surface area (Å²) in [7, 11) is 0. The van der Waals surface area contributed by atoms with Gasteiger partial charge < -0.3 is 20.7 Å². The van der Waals surface area contributed by atoms with E-state index in [4.69, 9.17) is 4.74 Å². The molecule has 0 unspecified atom stereocenters. The Morgan fingerprint density at radius 3 is 2.06 bits per heavy atom. The van der Waals surface area contributed by atoms with Gasteiger partial charge in [-0.3, -0.25) is 24.1 Å². The van der Waals surface area contributed by atoms with Crippen LogP contribution in [-0.4, -0.2) is 53.3 Å². The minimum absolute atomic E-state index is 0.129. The van der Waals surface area contributed by atoms with Gasteiger partial charge in [0.05, 0.1) is 11.1 Å². The number of nitrogens with zero attached hydrogens (tertiary/aromatic N) is 1. The van der Waals surface area contributed by atoms with E-state index < -0.39 is 29.4 Å². The summed E-state index contributed by atoms with van der Waals surface area (Å²) < 4.78 is 5.08. The number of amides is 5. The maximum atomic E-state index is 12.7. The summed E-state index contributed by atoms with van der Waals surface area (Å²) in [6, 6.07) is 10.8. The minimum Gasteiger partial charge on any atom is -0.444 e. The van der Waals surface area contributed by atoms with Crippen molar-refractivity contribution in [3.8, 4) is 0 Å². The first-order valence-corrected chi connectivity index (χ1v) is 11.5. The fourth-order valence-corrected chi connectivity index (χ4v) is 3.47. The van der Waals surface area contributed by atoms with Crippen molar-refractivity contribution in [3.63, 3.8) is 0 Å². The molecular weight excluding hydrogens is 464 g/mol. The van der Waals surface area contributed by atoms with Gasteiger partial charge in [-0.15, -0.1) is 0 Å². The second kappa shape index (κ2) is 10.6. The molecule has 2 aromatic rings. The van der Waals surface area contributed by atoms with Crippen LogP contribution in [0.1, 0.15) is 65.7 Å². The monoisotopic (exact) mass is 494 g/mol. The number of ether oxygens (including phenoxy) is 1. The second-order valence-corrected chi connectivity index (χ2v) is 9.81. The van der Waals surface area contributed by atoms with Gasteiger partial charge in [0.1, 0.15) is 12.1 Å². The molecule has 1 heterocycles. The van der Waals surface area contributed by atoms with Crippen LogP contribution in [0.25, 0.3) is 0 Å². The highest BCUT2D eigenvalue weighted by molar-refractivity contribution is 6.22. The van der Waals surface area contributed by atoms with Crippen LogP contribution in [0.4, 0.5) is 16.2 Å².